The molecule has 0 amide bonds. The predicted octanol–water partition coefficient (Wildman–Crippen LogP) is 2.30. The molecular weight excluding hydrogens is 210 g/mol. The molecule has 2 atom stereocenters. The lowest BCUT2D eigenvalue weighted by Crippen LogP contribution is -2.53. The molecule has 2 heteroatoms. The quantitative estimate of drug-likeness (QED) is 0.805. The summed E-state index contributed by atoms with van der Waals surface area (Å²) in [6.07, 6.45) is 5.67. The van der Waals surface area contributed by atoms with E-state index in [1.165, 1.54) is 24.0 Å². The molecule has 0 bridgehead atoms. The summed E-state index contributed by atoms with van der Waals surface area (Å²) >= 11 is 0. The topological polar surface area (TPSA) is 35.2 Å². The largest absolute Gasteiger partial charge is 0.381 e. The van der Waals surface area contributed by atoms with E-state index in [1.54, 1.807) is 0 Å². The number of aryl methyl sites for hydroxylation is 1. The van der Waals surface area contributed by atoms with Crippen molar-refractivity contribution in [1.82, 2.24) is 0 Å². The molecule has 1 aliphatic heterocycles. The first-order chi connectivity index (χ1) is 8.28. The second kappa shape index (κ2) is 4.43. The average Bonchev–Trinajstić information content (AvgIpc) is 2.40. The SMILES string of the molecule is NC1(C2CCCOC2)CCc2ccccc2C1. The molecule has 0 spiro atoms. The van der Waals surface area contributed by atoms with Gasteiger partial charge in [-0.2, -0.15) is 0 Å². The maximum absolute atomic E-state index is 6.67. The van der Waals surface area contributed by atoms with Crippen molar-refractivity contribution in [3.05, 3.63) is 35.4 Å². The minimum Gasteiger partial charge on any atom is -0.381 e. The molecule has 2 unspecified atom stereocenters. The fraction of sp³-hybridized carbons (Fsp3) is 0.600. The third kappa shape index (κ3) is 2.12. The van der Waals surface area contributed by atoms with Crippen LogP contribution in [0.2, 0.25) is 0 Å². The zero-order valence-electron chi connectivity index (χ0n) is 10.3. The number of nitrogens with two attached hydrogens (primary N) is 1. The van der Waals surface area contributed by atoms with Crippen LogP contribution in [0.25, 0.3) is 0 Å². The zero-order valence-corrected chi connectivity index (χ0v) is 10.3. The molecule has 2 N–H and O–H groups in total. The normalized spacial score (nSPS) is 33.1. The van der Waals surface area contributed by atoms with Crippen molar-refractivity contribution in [2.45, 2.75) is 37.6 Å². The second-order valence-corrected chi connectivity index (χ2v) is 5.59. The summed E-state index contributed by atoms with van der Waals surface area (Å²) in [5.41, 5.74) is 9.58. The minimum atomic E-state index is -0.0330. The van der Waals surface area contributed by atoms with E-state index >= 15 is 0 Å². The monoisotopic (exact) mass is 231 g/mol. The molecular formula is C15H21NO. The number of ether oxygens (including phenoxy) is 1. The fourth-order valence-electron chi connectivity index (χ4n) is 3.33. The van der Waals surface area contributed by atoms with Gasteiger partial charge in [0.1, 0.15) is 0 Å². The molecule has 1 fully saturated rings. The number of hydrogen-bond acceptors (Lipinski definition) is 2. The maximum Gasteiger partial charge on any atom is 0.0511 e. The first-order valence-electron chi connectivity index (χ1n) is 6.71. The van der Waals surface area contributed by atoms with Gasteiger partial charge in [0.15, 0.2) is 0 Å². The van der Waals surface area contributed by atoms with Gasteiger partial charge in [-0.3, -0.25) is 0 Å². The Bertz CT molecular complexity index is 398. The highest BCUT2D eigenvalue weighted by Crippen LogP contribution is 2.35. The van der Waals surface area contributed by atoms with Gasteiger partial charge >= 0.3 is 0 Å². The summed E-state index contributed by atoms with van der Waals surface area (Å²) in [7, 11) is 0. The van der Waals surface area contributed by atoms with Crippen LogP contribution >= 0.6 is 0 Å². The lowest BCUT2D eigenvalue weighted by atomic mass is 9.70. The van der Waals surface area contributed by atoms with Crippen molar-refractivity contribution in [2.75, 3.05) is 13.2 Å². The highest BCUT2D eigenvalue weighted by Gasteiger charge is 2.38. The summed E-state index contributed by atoms with van der Waals surface area (Å²) < 4.78 is 5.61. The Morgan fingerprint density at radius 1 is 1.24 bits per heavy atom. The first kappa shape index (κ1) is 11.2. The van der Waals surface area contributed by atoms with Gasteiger partial charge in [-0.15, -0.1) is 0 Å². The Labute approximate surface area is 103 Å². The molecule has 17 heavy (non-hydrogen) atoms. The van der Waals surface area contributed by atoms with Crippen LogP contribution in [0.1, 0.15) is 30.4 Å². The van der Waals surface area contributed by atoms with Crippen LogP contribution in [0.15, 0.2) is 24.3 Å². The van der Waals surface area contributed by atoms with Crippen LogP contribution in [0, 0.1) is 5.92 Å². The first-order valence-corrected chi connectivity index (χ1v) is 6.71. The van der Waals surface area contributed by atoms with Gasteiger partial charge in [-0.1, -0.05) is 24.3 Å². The summed E-state index contributed by atoms with van der Waals surface area (Å²) in [4.78, 5) is 0. The predicted molar refractivity (Wildman–Crippen MR) is 68.9 cm³/mol. The molecule has 0 aromatic heterocycles. The van der Waals surface area contributed by atoms with E-state index in [0.29, 0.717) is 5.92 Å². The number of benzene rings is 1. The lowest BCUT2D eigenvalue weighted by molar-refractivity contribution is 0.0172. The second-order valence-electron chi connectivity index (χ2n) is 5.59. The average molecular weight is 231 g/mol. The van der Waals surface area contributed by atoms with Crippen LogP contribution in [-0.2, 0) is 17.6 Å². The molecule has 3 rings (SSSR count). The summed E-state index contributed by atoms with van der Waals surface area (Å²) in [6, 6.07) is 8.74. The molecule has 2 nitrogen and oxygen atoms in total. The molecule has 1 aliphatic carbocycles. The lowest BCUT2D eigenvalue weighted by Gasteiger charge is -2.42. The summed E-state index contributed by atoms with van der Waals surface area (Å²) in [5.74, 6) is 0.546. The third-order valence-electron chi connectivity index (χ3n) is 4.47. The van der Waals surface area contributed by atoms with Gasteiger partial charge < -0.3 is 10.5 Å². The van der Waals surface area contributed by atoms with E-state index < -0.39 is 0 Å². The van der Waals surface area contributed by atoms with Crippen LogP contribution in [-0.4, -0.2) is 18.8 Å². The zero-order chi connectivity index (χ0) is 11.7. The Hall–Kier alpha value is -0.860. The van der Waals surface area contributed by atoms with Crippen molar-refractivity contribution in [1.29, 1.82) is 0 Å². The molecule has 1 aromatic carbocycles. The molecule has 0 radical (unpaired) electrons. The van der Waals surface area contributed by atoms with E-state index in [0.717, 1.165) is 32.5 Å². The van der Waals surface area contributed by atoms with Crippen LogP contribution < -0.4 is 5.73 Å². The van der Waals surface area contributed by atoms with E-state index in [9.17, 15) is 0 Å². The minimum absolute atomic E-state index is 0.0330. The van der Waals surface area contributed by atoms with E-state index in [4.69, 9.17) is 10.5 Å². The van der Waals surface area contributed by atoms with Gasteiger partial charge in [-0.25, -0.2) is 0 Å². The summed E-state index contributed by atoms with van der Waals surface area (Å²) in [6.45, 7) is 1.78. The highest BCUT2D eigenvalue weighted by molar-refractivity contribution is 5.32. The molecule has 1 aromatic rings. The van der Waals surface area contributed by atoms with Crippen molar-refractivity contribution in [3.8, 4) is 0 Å². The Balaban J connectivity index is 1.81. The van der Waals surface area contributed by atoms with Crippen LogP contribution in [0.4, 0.5) is 0 Å². The van der Waals surface area contributed by atoms with Crippen molar-refractivity contribution in [3.63, 3.8) is 0 Å². The standard InChI is InChI=1S/C15H21NO/c16-15(14-6-3-9-17-11-14)8-7-12-4-1-2-5-13(12)10-15/h1-2,4-5,14H,3,6-11,16H2. The van der Waals surface area contributed by atoms with Crippen molar-refractivity contribution >= 4 is 0 Å². The van der Waals surface area contributed by atoms with Crippen LogP contribution in [0.3, 0.4) is 0 Å². The van der Waals surface area contributed by atoms with Crippen LogP contribution in [0.5, 0.6) is 0 Å². The smallest absolute Gasteiger partial charge is 0.0511 e. The number of hydrogen-bond donors (Lipinski definition) is 1. The molecule has 2 aliphatic rings. The van der Waals surface area contributed by atoms with Gasteiger partial charge in [0.05, 0.1) is 6.61 Å². The van der Waals surface area contributed by atoms with Gasteiger partial charge in [0.25, 0.3) is 0 Å². The van der Waals surface area contributed by atoms with E-state index in [-0.39, 0.29) is 5.54 Å². The van der Waals surface area contributed by atoms with Gasteiger partial charge in [0, 0.05) is 18.1 Å². The Morgan fingerprint density at radius 3 is 2.82 bits per heavy atom. The number of fused-ring (bicyclic) bond motifs is 1. The third-order valence-corrected chi connectivity index (χ3v) is 4.47. The van der Waals surface area contributed by atoms with E-state index in [2.05, 4.69) is 24.3 Å². The van der Waals surface area contributed by atoms with Crippen molar-refractivity contribution in [2.24, 2.45) is 11.7 Å². The fourth-order valence-corrected chi connectivity index (χ4v) is 3.33. The Morgan fingerprint density at radius 2 is 2.06 bits per heavy atom. The van der Waals surface area contributed by atoms with E-state index in [1.807, 2.05) is 0 Å². The van der Waals surface area contributed by atoms with Crippen molar-refractivity contribution < 1.29 is 4.74 Å². The van der Waals surface area contributed by atoms with Gasteiger partial charge in [-0.05, 0) is 43.2 Å². The molecule has 0 saturated carbocycles. The molecule has 1 saturated heterocycles. The maximum atomic E-state index is 6.67. The molecule has 1 heterocycles. The van der Waals surface area contributed by atoms with Gasteiger partial charge in [0.2, 0.25) is 0 Å². The number of rotatable bonds is 1. The Kier molecular flexibility index (Phi) is 2.93. The summed E-state index contributed by atoms with van der Waals surface area (Å²) in [5, 5.41) is 0. The highest BCUT2D eigenvalue weighted by atomic mass is 16.5. The molecule has 92 valence electrons.